The molecular formula is C18H18F2N2O4. The van der Waals surface area contributed by atoms with Gasteiger partial charge in [-0.3, -0.25) is 9.59 Å². The van der Waals surface area contributed by atoms with Crippen LogP contribution in [-0.4, -0.2) is 32.1 Å². The lowest BCUT2D eigenvalue weighted by molar-refractivity contribution is -0.126. The second-order valence-corrected chi connectivity index (χ2v) is 5.22. The van der Waals surface area contributed by atoms with Gasteiger partial charge in [0.25, 0.3) is 0 Å². The van der Waals surface area contributed by atoms with E-state index in [1.165, 1.54) is 0 Å². The van der Waals surface area contributed by atoms with Crippen molar-refractivity contribution in [3.05, 3.63) is 54.1 Å². The smallest absolute Gasteiger partial charge is 0.233 e. The molecule has 26 heavy (non-hydrogen) atoms. The Bertz CT molecular complexity index is 766. The number of carbonyl (C=O) groups is 2. The van der Waals surface area contributed by atoms with Crippen LogP contribution in [0.2, 0.25) is 0 Å². The predicted octanol–water partition coefficient (Wildman–Crippen LogP) is 2.50. The summed E-state index contributed by atoms with van der Waals surface area (Å²) in [6.45, 7) is 0.412. The van der Waals surface area contributed by atoms with Crippen LogP contribution in [0.1, 0.15) is 6.42 Å². The minimum atomic E-state index is -0.911. The summed E-state index contributed by atoms with van der Waals surface area (Å²) in [6, 6.07) is 9.68. The van der Waals surface area contributed by atoms with Crippen LogP contribution >= 0.6 is 0 Å². The molecule has 0 radical (unpaired) electrons. The second kappa shape index (κ2) is 9.36. The van der Waals surface area contributed by atoms with Gasteiger partial charge in [-0.1, -0.05) is 0 Å². The number of ether oxygens (including phenoxy) is 2. The molecule has 138 valence electrons. The van der Waals surface area contributed by atoms with Crippen molar-refractivity contribution in [3.63, 3.8) is 0 Å². The highest BCUT2D eigenvalue weighted by atomic mass is 19.1. The lowest BCUT2D eigenvalue weighted by atomic mass is 10.2. The first-order chi connectivity index (χ1) is 12.5. The van der Waals surface area contributed by atoms with E-state index >= 15 is 0 Å². The highest BCUT2D eigenvalue weighted by molar-refractivity contribution is 6.03. The Labute approximate surface area is 149 Å². The van der Waals surface area contributed by atoms with E-state index < -0.39 is 29.9 Å². The van der Waals surface area contributed by atoms with E-state index in [1.807, 2.05) is 0 Å². The molecule has 0 unspecified atom stereocenters. The van der Waals surface area contributed by atoms with E-state index in [0.29, 0.717) is 17.6 Å². The maximum atomic E-state index is 13.4. The number of anilines is 1. The SMILES string of the molecule is COc1ccc(OCCNC(=O)CC(=O)Nc2ccc(F)cc2F)cc1. The normalized spacial score (nSPS) is 10.1. The Morgan fingerprint density at radius 3 is 2.35 bits per heavy atom. The topological polar surface area (TPSA) is 76.7 Å². The molecule has 2 aromatic rings. The maximum Gasteiger partial charge on any atom is 0.233 e. The number of hydrogen-bond donors (Lipinski definition) is 2. The van der Waals surface area contributed by atoms with Gasteiger partial charge >= 0.3 is 0 Å². The van der Waals surface area contributed by atoms with Gasteiger partial charge in [0.05, 0.1) is 19.3 Å². The molecule has 0 spiro atoms. The monoisotopic (exact) mass is 364 g/mol. The average Bonchev–Trinajstić information content (AvgIpc) is 2.61. The fourth-order valence-corrected chi connectivity index (χ4v) is 2.02. The number of nitrogens with one attached hydrogen (secondary N) is 2. The van der Waals surface area contributed by atoms with Crippen molar-refractivity contribution in [1.29, 1.82) is 0 Å². The first-order valence-corrected chi connectivity index (χ1v) is 7.76. The molecule has 0 aliphatic rings. The van der Waals surface area contributed by atoms with E-state index in [4.69, 9.17) is 9.47 Å². The van der Waals surface area contributed by atoms with Gasteiger partial charge in [0, 0.05) is 6.07 Å². The number of benzene rings is 2. The van der Waals surface area contributed by atoms with Gasteiger partial charge in [-0.2, -0.15) is 0 Å². The Kier molecular flexibility index (Phi) is 6.90. The van der Waals surface area contributed by atoms with Crippen molar-refractivity contribution in [3.8, 4) is 11.5 Å². The lowest BCUT2D eigenvalue weighted by Gasteiger charge is -2.09. The summed E-state index contributed by atoms with van der Waals surface area (Å²) >= 11 is 0. The molecule has 0 atom stereocenters. The second-order valence-electron chi connectivity index (χ2n) is 5.22. The molecule has 0 aliphatic heterocycles. The standard InChI is InChI=1S/C18H18F2N2O4/c1-25-13-3-5-14(6-4-13)26-9-8-21-17(23)11-18(24)22-16-7-2-12(19)10-15(16)20/h2-7,10H,8-9,11H2,1H3,(H,21,23)(H,22,24). The lowest BCUT2D eigenvalue weighted by Crippen LogP contribution is -2.31. The molecule has 0 heterocycles. The van der Waals surface area contributed by atoms with Crippen LogP contribution in [-0.2, 0) is 9.59 Å². The third-order valence-electron chi connectivity index (χ3n) is 3.28. The van der Waals surface area contributed by atoms with Crippen molar-refractivity contribution in [2.24, 2.45) is 0 Å². The first kappa shape index (κ1) is 19.2. The van der Waals surface area contributed by atoms with Gasteiger partial charge in [-0.25, -0.2) is 8.78 Å². The van der Waals surface area contributed by atoms with Crippen molar-refractivity contribution in [1.82, 2.24) is 5.32 Å². The number of rotatable bonds is 8. The van der Waals surface area contributed by atoms with Crippen molar-refractivity contribution in [2.45, 2.75) is 6.42 Å². The van der Waals surface area contributed by atoms with E-state index in [1.54, 1.807) is 31.4 Å². The fraction of sp³-hybridized carbons (Fsp3) is 0.222. The third-order valence-corrected chi connectivity index (χ3v) is 3.28. The molecule has 0 bridgehead atoms. The van der Waals surface area contributed by atoms with Gasteiger partial charge in [-0.15, -0.1) is 0 Å². The number of hydrogen-bond acceptors (Lipinski definition) is 4. The van der Waals surface area contributed by atoms with Gasteiger partial charge in [0.15, 0.2) is 0 Å². The maximum absolute atomic E-state index is 13.4. The van der Waals surface area contributed by atoms with Crippen LogP contribution in [0.25, 0.3) is 0 Å². The van der Waals surface area contributed by atoms with Crippen LogP contribution in [0, 0.1) is 11.6 Å². The zero-order valence-corrected chi connectivity index (χ0v) is 14.1. The molecule has 0 aromatic heterocycles. The number of methoxy groups -OCH3 is 1. The predicted molar refractivity (Wildman–Crippen MR) is 91.1 cm³/mol. The summed E-state index contributed by atoms with van der Waals surface area (Å²) in [4.78, 5) is 23.4. The van der Waals surface area contributed by atoms with Gasteiger partial charge in [0.2, 0.25) is 11.8 Å². The summed E-state index contributed by atoms with van der Waals surface area (Å²) in [6.07, 6.45) is -0.487. The van der Waals surface area contributed by atoms with Gasteiger partial charge in [-0.05, 0) is 36.4 Å². The molecule has 0 aliphatic carbocycles. The Balaban J connectivity index is 1.68. The van der Waals surface area contributed by atoms with E-state index in [9.17, 15) is 18.4 Å². The van der Waals surface area contributed by atoms with Gasteiger partial charge in [0.1, 0.15) is 36.2 Å². The van der Waals surface area contributed by atoms with E-state index in [2.05, 4.69) is 10.6 Å². The highest BCUT2D eigenvalue weighted by Crippen LogP contribution is 2.17. The fourth-order valence-electron chi connectivity index (χ4n) is 2.02. The highest BCUT2D eigenvalue weighted by Gasteiger charge is 2.12. The molecule has 8 heteroatoms. The minimum absolute atomic E-state index is 0.188. The van der Waals surface area contributed by atoms with Crippen LogP contribution in [0.5, 0.6) is 11.5 Å². The van der Waals surface area contributed by atoms with Crippen molar-refractivity contribution >= 4 is 17.5 Å². The number of amides is 2. The van der Waals surface area contributed by atoms with Crippen LogP contribution in [0.3, 0.4) is 0 Å². The molecule has 2 rings (SSSR count). The molecule has 0 saturated heterocycles. The Morgan fingerprint density at radius 1 is 1.00 bits per heavy atom. The third kappa shape index (κ3) is 6.04. The molecule has 2 N–H and O–H groups in total. The average molecular weight is 364 g/mol. The molecular weight excluding hydrogens is 346 g/mol. The summed E-state index contributed by atoms with van der Waals surface area (Å²) in [5, 5.41) is 4.72. The van der Waals surface area contributed by atoms with Crippen LogP contribution < -0.4 is 20.1 Å². The van der Waals surface area contributed by atoms with Crippen LogP contribution in [0.4, 0.5) is 14.5 Å². The molecule has 2 amide bonds. The zero-order valence-electron chi connectivity index (χ0n) is 14.1. The van der Waals surface area contributed by atoms with Gasteiger partial charge < -0.3 is 20.1 Å². The molecule has 2 aromatic carbocycles. The quantitative estimate of drug-likeness (QED) is 0.557. The summed E-state index contributed by atoms with van der Waals surface area (Å²) in [5.74, 6) is -1.59. The van der Waals surface area contributed by atoms with Crippen molar-refractivity contribution < 1.29 is 27.8 Å². The van der Waals surface area contributed by atoms with E-state index in [0.717, 1.165) is 12.1 Å². The van der Waals surface area contributed by atoms with E-state index in [-0.39, 0.29) is 18.8 Å². The summed E-state index contributed by atoms with van der Waals surface area (Å²) in [7, 11) is 1.56. The molecule has 0 fully saturated rings. The van der Waals surface area contributed by atoms with Crippen LogP contribution in [0.15, 0.2) is 42.5 Å². The molecule has 0 saturated carbocycles. The number of carbonyl (C=O) groups excluding carboxylic acids is 2. The minimum Gasteiger partial charge on any atom is -0.497 e. The Hall–Kier alpha value is -3.16. The zero-order chi connectivity index (χ0) is 18.9. The summed E-state index contributed by atoms with van der Waals surface area (Å²) < 4.78 is 36.7. The number of halogens is 2. The summed E-state index contributed by atoms with van der Waals surface area (Å²) in [5.41, 5.74) is -0.188. The van der Waals surface area contributed by atoms with Crippen molar-refractivity contribution in [2.75, 3.05) is 25.6 Å². The largest absolute Gasteiger partial charge is 0.497 e. The Morgan fingerprint density at radius 2 is 1.69 bits per heavy atom. The molecule has 6 nitrogen and oxygen atoms in total. The first-order valence-electron chi connectivity index (χ1n) is 7.76.